The van der Waals surface area contributed by atoms with E-state index >= 15 is 0 Å². The van der Waals surface area contributed by atoms with Crippen LogP contribution in [0, 0.1) is 5.92 Å². The van der Waals surface area contributed by atoms with E-state index in [2.05, 4.69) is 36.7 Å². The molecule has 2 aromatic carbocycles. The van der Waals surface area contributed by atoms with Crippen LogP contribution in [-0.4, -0.2) is 24.3 Å². The molecule has 1 atom stereocenters. The first kappa shape index (κ1) is 25.1. The Bertz CT molecular complexity index is 893. The first-order chi connectivity index (χ1) is 15.5. The SMILES string of the molecule is CCCC[C@@H](CC)CNC(=O)C(=O)Nc1ccccc1C(=O)NCc1ccc(CC)cc1. The van der Waals surface area contributed by atoms with Crippen molar-refractivity contribution in [2.24, 2.45) is 5.92 Å². The van der Waals surface area contributed by atoms with Crippen molar-refractivity contribution in [1.82, 2.24) is 10.6 Å². The smallest absolute Gasteiger partial charge is 0.313 e. The second-order valence-electron chi connectivity index (χ2n) is 7.98. The second-order valence-corrected chi connectivity index (χ2v) is 7.98. The van der Waals surface area contributed by atoms with E-state index in [0.717, 1.165) is 37.7 Å². The number of amides is 3. The van der Waals surface area contributed by atoms with Gasteiger partial charge in [0.05, 0.1) is 11.3 Å². The summed E-state index contributed by atoms with van der Waals surface area (Å²) < 4.78 is 0. The van der Waals surface area contributed by atoms with Crippen molar-refractivity contribution in [2.75, 3.05) is 11.9 Å². The first-order valence-electron chi connectivity index (χ1n) is 11.5. The number of benzene rings is 2. The zero-order valence-corrected chi connectivity index (χ0v) is 19.4. The lowest BCUT2D eigenvalue weighted by Gasteiger charge is -2.15. The molecule has 32 heavy (non-hydrogen) atoms. The van der Waals surface area contributed by atoms with Crippen molar-refractivity contribution >= 4 is 23.4 Å². The molecule has 172 valence electrons. The van der Waals surface area contributed by atoms with Gasteiger partial charge >= 0.3 is 11.8 Å². The number of unbranched alkanes of at least 4 members (excludes halogenated alkanes) is 1. The lowest BCUT2D eigenvalue weighted by atomic mass is 9.99. The van der Waals surface area contributed by atoms with Gasteiger partial charge in [-0.15, -0.1) is 0 Å². The Balaban J connectivity index is 1.94. The average Bonchev–Trinajstić information content (AvgIpc) is 2.83. The zero-order valence-electron chi connectivity index (χ0n) is 19.4. The molecule has 0 aliphatic rings. The molecular weight excluding hydrogens is 402 g/mol. The number of carbonyl (C=O) groups is 3. The highest BCUT2D eigenvalue weighted by Gasteiger charge is 2.18. The largest absolute Gasteiger partial charge is 0.348 e. The summed E-state index contributed by atoms with van der Waals surface area (Å²) in [4.78, 5) is 37.4. The van der Waals surface area contributed by atoms with E-state index in [1.807, 2.05) is 24.3 Å². The molecule has 6 nitrogen and oxygen atoms in total. The van der Waals surface area contributed by atoms with Gasteiger partial charge in [0.1, 0.15) is 0 Å². The molecule has 0 unspecified atom stereocenters. The van der Waals surface area contributed by atoms with Crippen LogP contribution in [0.2, 0.25) is 0 Å². The van der Waals surface area contributed by atoms with Crippen molar-refractivity contribution in [2.45, 2.75) is 59.4 Å². The highest BCUT2D eigenvalue weighted by molar-refractivity contribution is 6.40. The standard InChI is InChI=1S/C26H35N3O3/c1-4-7-10-20(6-3)17-28-25(31)26(32)29-23-12-9-8-11-22(23)24(30)27-18-21-15-13-19(5-2)14-16-21/h8-9,11-16,20H,4-7,10,17-18H2,1-3H3,(H,27,30)(H,28,31)(H,29,32)/t20-/m1/s1. The molecule has 0 saturated carbocycles. The molecule has 0 heterocycles. The van der Waals surface area contributed by atoms with E-state index in [1.165, 1.54) is 5.56 Å². The van der Waals surface area contributed by atoms with Crippen LogP contribution in [0.3, 0.4) is 0 Å². The van der Waals surface area contributed by atoms with Crippen molar-refractivity contribution in [3.8, 4) is 0 Å². The Labute approximate surface area is 191 Å². The minimum Gasteiger partial charge on any atom is -0.348 e. The molecule has 2 aromatic rings. The summed E-state index contributed by atoms with van der Waals surface area (Å²) in [7, 11) is 0. The fourth-order valence-electron chi connectivity index (χ4n) is 3.40. The van der Waals surface area contributed by atoms with Gasteiger partial charge in [0, 0.05) is 13.1 Å². The first-order valence-corrected chi connectivity index (χ1v) is 11.5. The van der Waals surface area contributed by atoms with Crippen LogP contribution in [0.25, 0.3) is 0 Å². The average molecular weight is 438 g/mol. The van der Waals surface area contributed by atoms with E-state index in [1.54, 1.807) is 24.3 Å². The van der Waals surface area contributed by atoms with Gasteiger partial charge in [-0.2, -0.15) is 0 Å². The third kappa shape index (κ3) is 7.84. The summed E-state index contributed by atoms with van der Waals surface area (Å²) in [5.41, 5.74) is 2.85. The van der Waals surface area contributed by atoms with E-state index in [-0.39, 0.29) is 5.91 Å². The Morgan fingerprint density at radius 2 is 1.53 bits per heavy atom. The topological polar surface area (TPSA) is 87.3 Å². The number of para-hydroxylation sites is 1. The van der Waals surface area contributed by atoms with Gasteiger partial charge in [0.25, 0.3) is 5.91 Å². The van der Waals surface area contributed by atoms with Gasteiger partial charge in [-0.25, -0.2) is 0 Å². The molecule has 0 aromatic heterocycles. The molecule has 3 N–H and O–H groups in total. The summed E-state index contributed by atoms with van der Waals surface area (Å²) in [6, 6.07) is 14.7. The molecule has 0 aliphatic heterocycles. The van der Waals surface area contributed by atoms with Crippen LogP contribution in [0.15, 0.2) is 48.5 Å². The Hall–Kier alpha value is -3.15. The van der Waals surface area contributed by atoms with Crippen molar-refractivity contribution in [1.29, 1.82) is 0 Å². The Morgan fingerprint density at radius 3 is 2.19 bits per heavy atom. The number of hydrogen-bond donors (Lipinski definition) is 3. The highest BCUT2D eigenvalue weighted by atomic mass is 16.2. The minimum atomic E-state index is -0.772. The lowest BCUT2D eigenvalue weighted by Crippen LogP contribution is -2.38. The number of rotatable bonds is 11. The van der Waals surface area contributed by atoms with Crippen molar-refractivity contribution < 1.29 is 14.4 Å². The number of aryl methyl sites for hydroxylation is 1. The van der Waals surface area contributed by atoms with Crippen molar-refractivity contribution in [3.05, 3.63) is 65.2 Å². The van der Waals surface area contributed by atoms with E-state index < -0.39 is 11.8 Å². The molecule has 3 amide bonds. The molecule has 2 rings (SSSR count). The Kier molecular flexibility index (Phi) is 10.4. The molecule has 0 spiro atoms. The van der Waals surface area contributed by atoms with E-state index in [9.17, 15) is 14.4 Å². The Morgan fingerprint density at radius 1 is 0.844 bits per heavy atom. The maximum absolute atomic E-state index is 12.7. The molecule has 6 heteroatoms. The van der Waals surface area contributed by atoms with Crippen molar-refractivity contribution in [3.63, 3.8) is 0 Å². The summed E-state index contributed by atoms with van der Waals surface area (Å²) in [6.45, 7) is 7.16. The minimum absolute atomic E-state index is 0.310. The van der Waals surface area contributed by atoms with Gasteiger partial charge in [-0.05, 0) is 42.0 Å². The zero-order chi connectivity index (χ0) is 23.3. The van der Waals surface area contributed by atoms with Crippen LogP contribution in [0.5, 0.6) is 0 Å². The third-order valence-corrected chi connectivity index (χ3v) is 5.60. The van der Waals surface area contributed by atoms with E-state index in [4.69, 9.17) is 0 Å². The van der Waals surface area contributed by atoms with Crippen LogP contribution in [0.1, 0.15) is 67.9 Å². The number of carbonyl (C=O) groups excluding carboxylic acids is 3. The molecule has 0 saturated heterocycles. The van der Waals surface area contributed by atoms with Gasteiger partial charge in [-0.3, -0.25) is 14.4 Å². The fraction of sp³-hybridized carbons (Fsp3) is 0.423. The molecule has 0 fully saturated rings. The summed E-state index contributed by atoms with van der Waals surface area (Å²) in [5, 5.41) is 8.17. The van der Waals surface area contributed by atoms with Crippen LogP contribution in [-0.2, 0) is 22.6 Å². The molecular formula is C26H35N3O3. The van der Waals surface area contributed by atoms with Gasteiger partial charge in [-0.1, -0.05) is 76.4 Å². The summed E-state index contributed by atoms with van der Waals surface area (Å²) in [6.07, 6.45) is 5.15. The predicted molar refractivity (Wildman–Crippen MR) is 128 cm³/mol. The second kappa shape index (κ2) is 13.3. The van der Waals surface area contributed by atoms with Crippen LogP contribution in [0.4, 0.5) is 5.69 Å². The lowest BCUT2D eigenvalue weighted by molar-refractivity contribution is -0.136. The molecule has 0 aliphatic carbocycles. The van der Waals surface area contributed by atoms with Gasteiger partial charge in [0.15, 0.2) is 0 Å². The van der Waals surface area contributed by atoms with E-state index in [0.29, 0.717) is 30.3 Å². The molecule has 0 bridgehead atoms. The number of anilines is 1. The molecule has 0 radical (unpaired) electrons. The van der Waals surface area contributed by atoms with Crippen LogP contribution >= 0.6 is 0 Å². The number of nitrogens with one attached hydrogen (secondary N) is 3. The van der Waals surface area contributed by atoms with Gasteiger partial charge in [0.2, 0.25) is 0 Å². The van der Waals surface area contributed by atoms with Gasteiger partial charge < -0.3 is 16.0 Å². The number of hydrogen-bond acceptors (Lipinski definition) is 3. The van der Waals surface area contributed by atoms with Crippen LogP contribution < -0.4 is 16.0 Å². The maximum atomic E-state index is 12.7. The quantitative estimate of drug-likeness (QED) is 0.454. The summed E-state index contributed by atoms with van der Waals surface area (Å²) in [5.74, 6) is -1.42. The fourth-order valence-corrected chi connectivity index (χ4v) is 3.40. The summed E-state index contributed by atoms with van der Waals surface area (Å²) >= 11 is 0. The maximum Gasteiger partial charge on any atom is 0.313 e. The monoisotopic (exact) mass is 437 g/mol. The third-order valence-electron chi connectivity index (χ3n) is 5.60. The predicted octanol–water partition coefficient (Wildman–Crippen LogP) is 4.45. The highest BCUT2D eigenvalue weighted by Crippen LogP contribution is 2.16. The normalized spacial score (nSPS) is 11.5.